The van der Waals surface area contributed by atoms with Crippen LogP contribution in [-0.2, 0) is 9.53 Å². The highest BCUT2D eigenvalue weighted by molar-refractivity contribution is 7.15. The average Bonchev–Trinajstić information content (AvgIpc) is 3.26. The molecule has 4 rings (SSSR count). The molecule has 0 spiro atoms. The molecule has 1 aliphatic heterocycles. The predicted molar refractivity (Wildman–Crippen MR) is 135 cm³/mol. The molecular formula is C25H29ClN4O3S. The number of nitrogens with zero attached hydrogens (tertiary/aromatic N) is 4. The number of carbonyl (C=O) groups is 1. The number of carbonyl (C=O) groups excluding carboxylic acids is 1. The fraction of sp³-hybridized carbons (Fsp3) is 0.440. The van der Waals surface area contributed by atoms with Crippen molar-refractivity contribution in [3.63, 3.8) is 0 Å². The van der Waals surface area contributed by atoms with Crippen molar-refractivity contribution in [2.24, 2.45) is 4.99 Å². The van der Waals surface area contributed by atoms with Gasteiger partial charge in [0.15, 0.2) is 5.82 Å². The van der Waals surface area contributed by atoms with Gasteiger partial charge in [-0.15, -0.1) is 16.4 Å². The summed E-state index contributed by atoms with van der Waals surface area (Å²) in [6, 6.07) is 7.40. The van der Waals surface area contributed by atoms with Crippen molar-refractivity contribution < 1.29 is 14.3 Å². The van der Waals surface area contributed by atoms with Crippen LogP contribution in [0.2, 0.25) is 5.02 Å². The van der Waals surface area contributed by atoms with Gasteiger partial charge in [-0.2, -0.15) is 0 Å². The minimum atomic E-state index is -0.597. The van der Waals surface area contributed by atoms with E-state index in [1.165, 1.54) is 4.88 Å². The lowest BCUT2D eigenvalue weighted by Crippen LogP contribution is -2.25. The van der Waals surface area contributed by atoms with E-state index in [1.54, 1.807) is 11.3 Å². The number of hydrogen-bond donors (Lipinski definition) is 0. The van der Waals surface area contributed by atoms with Crippen molar-refractivity contribution in [3.05, 3.63) is 56.7 Å². The van der Waals surface area contributed by atoms with Crippen molar-refractivity contribution >= 4 is 34.6 Å². The standard InChI is InChI=1S/C25H29ClN4O3S/c1-7-12-32-24-29-28-22-18(13-19(31)33-25(4,5)6)27-21(16-8-10-17(26)11-9-16)20-14(2)15(3)34-23(20)30(22)24/h8-11,18H,7,12-13H2,1-6H3/t18-/m0/s1. The van der Waals surface area contributed by atoms with Crippen molar-refractivity contribution in [1.82, 2.24) is 14.8 Å². The van der Waals surface area contributed by atoms with E-state index in [9.17, 15) is 4.79 Å². The molecule has 7 nitrogen and oxygen atoms in total. The lowest BCUT2D eigenvalue weighted by Gasteiger charge is -2.21. The van der Waals surface area contributed by atoms with Crippen molar-refractivity contribution in [2.45, 2.75) is 66.0 Å². The van der Waals surface area contributed by atoms with E-state index < -0.39 is 11.6 Å². The molecule has 3 aromatic rings. The molecule has 1 aromatic carbocycles. The summed E-state index contributed by atoms with van der Waals surface area (Å²) in [6.07, 6.45) is 0.874. The number of halogens is 1. The van der Waals surface area contributed by atoms with Crippen LogP contribution in [0.5, 0.6) is 6.01 Å². The molecule has 0 fully saturated rings. The summed E-state index contributed by atoms with van der Waals surface area (Å²) in [5.41, 5.74) is 3.20. The van der Waals surface area contributed by atoms with Crippen LogP contribution in [0.4, 0.5) is 0 Å². The maximum atomic E-state index is 12.9. The number of thiophene rings is 1. The van der Waals surface area contributed by atoms with Gasteiger partial charge in [0.25, 0.3) is 0 Å². The summed E-state index contributed by atoms with van der Waals surface area (Å²) >= 11 is 7.80. The van der Waals surface area contributed by atoms with E-state index in [2.05, 4.69) is 24.0 Å². The van der Waals surface area contributed by atoms with Crippen LogP contribution in [0.1, 0.15) is 74.0 Å². The summed E-state index contributed by atoms with van der Waals surface area (Å²) in [7, 11) is 0. The Morgan fingerprint density at radius 3 is 2.53 bits per heavy atom. The first kappa shape index (κ1) is 24.4. The number of fused-ring (bicyclic) bond motifs is 3. The van der Waals surface area contributed by atoms with Crippen LogP contribution in [0, 0.1) is 13.8 Å². The molecule has 1 aliphatic rings. The first-order chi connectivity index (χ1) is 16.1. The Hall–Kier alpha value is -2.71. The summed E-state index contributed by atoms with van der Waals surface area (Å²) in [5.74, 6) is 0.212. The first-order valence-electron chi connectivity index (χ1n) is 11.3. The molecule has 0 unspecified atom stereocenters. The predicted octanol–water partition coefficient (Wildman–Crippen LogP) is 6.01. The zero-order valence-electron chi connectivity index (χ0n) is 20.3. The molecule has 0 saturated carbocycles. The molecule has 3 heterocycles. The minimum Gasteiger partial charge on any atom is -0.463 e. The van der Waals surface area contributed by atoms with Gasteiger partial charge in [0.05, 0.1) is 18.7 Å². The highest BCUT2D eigenvalue weighted by Gasteiger charge is 2.34. The summed E-state index contributed by atoms with van der Waals surface area (Å²) < 4.78 is 13.5. The Bertz CT molecular complexity index is 1240. The highest BCUT2D eigenvalue weighted by Crippen LogP contribution is 2.41. The molecule has 0 bridgehead atoms. The second kappa shape index (κ2) is 9.50. The average molecular weight is 501 g/mol. The van der Waals surface area contributed by atoms with Gasteiger partial charge < -0.3 is 9.47 Å². The van der Waals surface area contributed by atoms with Gasteiger partial charge in [0.1, 0.15) is 16.6 Å². The number of aryl methyl sites for hydroxylation is 1. The second-order valence-corrected chi connectivity index (χ2v) is 10.9. The van der Waals surface area contributed by atoms with Crippen LogP contribution in [0.15, 0.2) is 29.3 Å². The molecule has 180 valence electrons. The SMILES string of the molecule is CCCOc1nnc2n1-c1sc(C)c(C)c1C(c1ccc(Cl)cc1)=N[C@H]2CC(=O)OC(C)(C)C. The van der Waals surface area contributed by atoms with E-state index >= 15 is 0 Å². The summed E-state index contributed by atoms with van der Waals surface area (Å²) in [4.78, 5) is 19.1. The summed E-state index contributed by atoms with van der Waals surface area (Å²) in [6.45, 7) is 12.3. The number of rotatable bonds is 6. The number of hydrogen-bond acceptors (Lipinski definition) is 7. The maximum absolute atomic E-state index is 12.9. The lowest BCUT2D eigenvalue weighted by atomic mass is 9.99. The quantitative estimate of drug-likeness (QED) is 0.387. The minimum absolute atomic E-state index is 0.0350. The van der Waals surface area contributed by atoms with E-state index in [-0.39, 0.29) is 12.4 Å². The number of esters is 1. The zero-order chi connectivity index (χ0) is 24.6. The smallest absolute Gasteiger partial charge is 0.322 e. The Labute approximate surface area is 208 Å². The second-order valence-electron chi connectivity index (χ2n) is 9.28. The third-order valence-corrected chi connectivity index (χ3v) is 6.83. The number of ether oxygens (including phenoxy) is 2. The largest absolute Gasteiger partial charge is 0.463 e. The van der Waals surface area contributed by atoms with Gasteiger partial charge in [-0.3, -0.25) is 9.79 Å². The van der Waals surface area contributed by atoms with Crippen LogP contribution < -0.4 is 4.74 Å². The molecule has 34 heavy (non-hydrogen) atoms. The fourth-order valence-electron chi connectivity index (χ4n) is 3.80. The van der Waals surface area contributed by atoms with Crippen LogP contribution >= 0.6 is 22.9 Å². The van der Waals surface area contributed by atoms with Crippen LogP contribution in [0.25, 0.3) is 5.00 Å². The van der Waals surface area contributed by atoms with Gasteiger partial charge in [0.2, 0.25) is 0 Å². The highest BCUT2D eigenvalue weighted by atomic mass is 35.5. The number of aliphatic imine (C=N–C) groups is 1. The van der Waals surface area contributed by atoms with Gasteiger partial charge in [-0.25, -0.2) is 4.57 Å². The van der Waals surface area contributed by atoms with E-state index in [0.29, 0.717) is 23.5 Å². The van der Waals surface area contributed by atoms with E-state index in [1.807, 2.05) is 56.5 Å². The van der Waals surface area contributed by atoms with Crippen molar-refractivity contribution in [3.8, 4) is 11.0 Å². The summed E-state index contributed by atoms with van der Waals surface area (Å²) in [5, 5.41) is 10.3. The third kappa shape index (κ3) is 4.88. The fourth-order valence-corrected chi connectivity index (χ4v) is 5.09. The van der Waals surface area contributed by atoms with Crippen LogP contribution in [0.3, 0.4) is 0 Å². The van der Waals surface area contributed by atoms with Gasteiger partial charge in [-0.1, -0.05) is 35.8 Å². The molecule has 0 aliphatic carbocycles. The number of benzene rings is 1. The van der Waals surface area contributed by atoms with E-state index in [0.717, 1.165) is 33.8 Å². The van der Waals surface area contributed by atoms with Crippen LogP contribution in [-0.4, -0.2) is 38.7 Å². The molecule has 0 N–H and O–H groups in total. The monoisotopic (exact) mass is 500 g/mol. The van der Waals surface area contributed by atoms with Gasteiger partial charge in [0, 0.05) is 21.0 Å². The molecule has 0 radical (unpaired) electrons. The Morgan fingerprint density at radius 1 is 1.18 bits per heavy atom. The Morgan fingerprint density at radius 2 is 1.88 bits per heavy atom. The third-order valence-electron chi connectivity index (χ3n) is 5.38. The van der Waals surface area contributed by atoms with E-state index in [4.69, 9.17) is 26.1 Å². The first-order valence-corrected chi connectivity index (χ1v) is 12.5. The molecule has 2 aromatic heterocycles. The lowest BCUT2D eigenvalue weighted by molar-refractivity contribution is -0.155. The molecule has 0 saturated heterocycles. The maximum Gasteiger partial charge on any atom is 0.322 e. The molecular weight excluding hydrogens is 472 g/mol. The zero-order valence-corrected chi connectivity index (χ0v) is 21.9. The van der Waals surface area contributed by atoms with Gasteiger partial charge >= 0.3 is 12.0 Å². The Balaban J connectivity index is 1.92. The van der Waals surface area contributed by atoms with Crippen molar-refractivity contribution in [1.29, 1.82) is 0 Å². The Kier molecular flexibility index (Phi) is 6.82. The van der Waals surface area contributed by atoms with Gasteiger partial charge in [-0.05, 0) is 58.7 Å². The molecule has 0 amide bonds. The molecule has 9 heteroatoms. The number of aromatic nitrogens is 3. The van der Waals surface area contributed by atoms with Crippen molar-refractivity contribution in [2.75, 3.05) is 6.61 Å². The normalized spacial score (nSPS) is 15.3. The molecule has 1 atom stereocenters. The topological polar surface area (TPSA) is 78.6 Å².